The van der Waals surface area contributed by atoms with Crippen LogP contribution in [0.25, 0.3) is 17.1 Å². The van der Waals surface area contributed by atoms with Gasteiger partial charge in [-0.1, -0.05) is 6.92 Å². The molecule has 0 saturated carbocycles. The fourth-order valence-corrected chi connectivity index (χ4v) is 4.26. The molecule has 3 aromatic heterocycles. The van der Waals surface area contributed by atoms with Crippen LogP contribution in [0.1, 0.15) is 71.2 Å². The summed E-state index contributed by atoms with van der Waals surface area (Å²) in [5.74, 6) is 3.12. The third-order valence-electron chi connectivity index (χ3n) is 5.63. The van der Waals surface area contributed by atoms with Gasteiger partial charge in [0.05, 0.1) is 12.2 Å². The van der Waals surface area contributed by atoms with Crippen molar-refractivity contribution in [3.05, 3.63) is 41.9 Å². The molecule has 0 spiro atoms. The average molecular weight is 465 g/mol. The number of carbonyl (C=O) groups is 1. The summed E-state index contributed by atoms with van der Waals surface area (Å²) in [6, 6.07) is 2.12. The molecule has 0 saturated heterocycles. The van der Waals surface area contributed by atoms with Crippen molar-refractivity contribution in [2.45, 2.75) is 79.1 Å². The van der Waals surface area contributed by atoms with Gasteiger partial charge in [0, 0.05) is 36.1 Å². The fraction of sp³-hybridized carbons (Fsp3) is 0.500. The number of carbonyl (C=O) groups excluding carboxylic acids is 1. The van der Waals surface area contributed by atoms with Crippen molar-refractivity contribution in [1.82, 2.24) is 35.0 Å². The summed E-state index contributed by atoms with van der Waals surface area (Å²) >= 11 is 0. The number of hydrogen-bond donors (Lipinski definition) is 1. The quantitative estimate of drug-likeness (QED) is 0.600. The van der Waals surface area contributed by atoms with Crippen molar-refractivity contribution in [1.29, 1.82) is 0 Å². The van der Waals surface area contributed by atoms with Gasteiger partial charge >= 0.3 is 6.09 Å². The zero-order chi connectivity index (χ0) is 24.6. The largest absolute Gasteiger partial charge is 0.444 e. The predicted octanol–water partition coefficient (Wildman–Crippen LogP) is 4.13. The maximum absolute atomic E-state index is 12.2. The van der Waals surface area contributed by atoms with E-state index in [0.717, 1.165) is 40.7 Å². The van der Waals surface area contributed by atoms with E-state index in [-0.39, 0.29) is 18.6 Å². The Hall–Kier alpha value is -3.56. The minimum Gasteiger partial charge on any atom is -0.444 e. The van der Waals surface area contributed by atoms with Crippen LogP contribution in [0.2, 0.25) is 0 Å². The van der Waals surface area contributed by atoms with Gasteiger partial charge in [-0.2, -0.15) is 0 Å². The number of rotatable bonds is 5. The number of ether oxygens (including phenoxy) is 1. The minimum atomic E-state index is -0.571. The molecule has 10 heteroatoms. The maximum Gasteiger partial charge on any atom is 0.407 e. The van der Waals surface area contributed by atoms with E-state index < -0.39 is 11.7 Å². The molecule has 1 aliphatic rings. The second kappa shape index (κ2) is 9.00. The molecule has 10 nitrogen and oxygen atoms in total. The number of nitrogens with zero attached hydrogens (tertiary/aromatic N) is 7. The van der Waals surface area contributed by atoms with Gasteiger partial charge < -0.3 is 15.0 Å². The average Bonchev–Trinajstić information content (AvgIpc) is 3.16. The fourth-order valence-electron chi connectivity index (χ4n) is 4.26. The highest BCUT2D eigenvalue weighted by molar-refractivity contribution is 5.70. The number of aromatic nitrogens is 6. The Balaban J connectivity index is 1.73. The molecular weight excluding hydrogens is 432 g/mol. The van der Waals surface area contributed by atoms with E-state index in [9.17, 15) is 4.79 Å². The highest BCUT2D eigenvalue weighted by atomic mass is 16.6. The van der Waals surface area contributed by atoms with Crippen LogP contribution in [-0.2, 0) is 11.3 Å². The number of nitrogens with one attached hydrogen (secondary N) is 1. The Morgan fingerprint density at radius 1 is 1.24 bits per heavy atom. The van der Waals surface area contributed by atoms with Crippen LogP contribution >= 0.6 is 0 Å². The molecule has 3 aromatic rings. The van der Waals surface area contributed by atoms with E-state index in [2.05, 4.69) is 51.2 Å². The number of amides is 1. The first-order chi connectivity index (χ1) is 16.1. The second-order valence-corrected chi connectivity index (χ2v) is 9.66. The molecule has 0 aliphatic carbocycles. The summed E-state index contributed by atoms with van der Waals surface area (Å²) in [5.41, 5.74) is 1.89. The first kappa shape index (κ1) is 23.6. The predicted molar refractivity (Wildman–Crippen MR) is 129 cm³/mol. The smallest absolute Gasteiger partial charge is 0.407 e. The number of aryl methyl sites for hydroxylation is 1. The number of hydrogen-bond acceptors (Lipinski definition) is 8. The van der Waals surface area contributed by atoms with Gasteiger partial charge in [0.2, 0.25) is 0 Å². The zero-order valence-electron chi connectivity index (χ0n) is 20.8. The van der Waals surface area contributed by atoms with Crippen LogP contribution in [0.5, 0.6) is 0 Å². The van der Waals surface area contributed by atoms with Gasteiger partial charge in [0.15, 0.2) is 17.5 Å². The monoisotopic (exact) mass is 464 g/mol. The van der Waals surface area contributed by atoms with Crippen LogP contribution < -0.4 is 10.2 Å². The van der Waals surface area contributed by atoms with Crippen molar-refractivity contribution >= 4 is 11.9 Å². The van der Waals surface area contributed by atoms with Gasteiger partial charge in [-0.3, -0.25) is 9.55 Å². The Morgan fingerprint density at radius 3 is 2.68 bits per heavy atom. The molecule has 4 heterocycles. The Kier molecular flexibility index (Phi) is 6.24. The van der Waals surface area contributed by atoms with Crippen LogP contribution in [0.4, 0.5) is 10.6 Å². The summed E-state index contributed by atoms with van der Waals surface area (Å²) in [4.78, 5) is 28.4. The van der Waals surface area contributed by atoms with Gasteiger partial charge in [-0.15, -0.1) is 10.2 Å². The van der Waals surface area contributed by atoms with Crippen molar-refractivity contribution in [3.8, 4) is 17.1 Å². The molecule has 1 atom stereocenters. The molecule has 34 heavy (non-hydrogen) atoms. The second-order valence-electron chi connectivity index (χ2n) is 9.66. The topological polar surface area (TPSA) is 111 Å². The third kappa shape index (κ3) is 4.44. The van der Waals surface area contributed by atoms with E-state index in [4.69, 9.17) is 9.72 Å². The third-order valence-corrected chi connectivity index (χ3v) is 5.63. The van der Waals surface area contributed by atoms with Gasteiger partial charge in [0.1, 0.15) is 17.1 Å². The van der Waals surface area contributed by atoms with E-state index in [1.54, 1.807) is 12.4 Å². The van der Waals surface area contributed by atoms with Crippen molar-refractivity contribution < 1.29 is 9.53 Å². The molecular formula is C24H32N8O2. The highest BCUT2D eigenvalue weighted by Crippen LogP contribution is 2.40. The maximum atomic E-state index is 12.2. The number of fused-ring (bicyclic) bond motifs is 3. The van der Waals surface area contributed by atoms with Crippen molar-refractivity contribution in [3.63, 3.8) is 0 Å². The van der Waals surface area contributed by atoms with E-state index in [1.807, 2.05) is 44.5 Å². The summed E-state index contributed by atoms with van der Waals surface area (Å²) in [6.45, 7) is 14.1. The molecule has 0 bridgehead atoms. The molecule has 1 aliphatic heterocycles. The number of anilines is 1. The van der Waals surface area contributed by atoms with Crippen LogP contribution in [-0.4, -0.2) is 47.5 Å². The molecule has 4 rings (SSSR count). The van der Waals surface area contributed by atoms with E-state index >= 15 is 0 Å². The summed E-state index contributed by atoms with van der Waals surface area (Å²) in [6.07, 6.45) is 5.62. The van der Waals surface area contributed by atoms with Gasteiger partial charge in [-0.05, 0) is 54.0 Å². The lowest BCUT2D eigenvalue weighted by atomic mass is 10.1. The molecule has 0 unspecified atom stereocenters. The highest BCUT2D eigenvalue weighted by Gasteiger charge is 2.36. The lowest BCUT2D eigenvalue weighted by Crippen LogP contribution is -2.40. The molecule has 0 aromatic carbocycles. The van der Waals surface area contributed by atoms with Crippen molar-refractivity contribution in [2.24, 2.45) is 0 Å². The van der Waals surface area contributed by atoms with Gasteiger partial charge in [-0.25, -0.2) is 14.8 Å². The lowest BCUT2D eigenvalue weighted by Gasteiger charge is -2.39. The summed E-state index contributed by atoms with van der Waals surface area (Å²) in [5, 5.41) is 11.6. The van der Waals surface area contributed by atoms with Crippen molar-refractivity contribution in [2.75, 3.05) is 4.90 Å². The normalized spacial score (nSPS) is 15.2. The zero-order valence-corrected chi connectivity index (χ0v) is 20.8. The van der Waals surface area contributed by atoms with E-state index in [0.29, 0.717) is 5.82 Å². The first-order valence-corrected chi connectivity index (χ1v) is 11.6. The van der Waals surface area contributed by atoms with Crippen LogP contribution in [0.3, 0.4) is 0 Å². The lowest BCUT2D eigenvalue weighted by molar-refractivity contribution is 0.0523. The standard InChI is InChI=1S/C24H32N8O2/c1-8-18-22-30-29-15(4)32(22)19-13-26-20(28-21(19)31(18)14(2)3)17-9-10-25-11-16(17)12-27-23(33)34-24(5,6)7/h9-11,13-14,18H,8,12H2,1-7H3,(H,27,33)/t18-/m1/s1. The first-order valence-electron chi connectivity index (χ1n) is 11.6. The molecule has 1 amide bonds. The number of pyridine rings is 1. The SMILES string of the molecule is CC[C@@H]1c2nnc(C)n2-c2cnc(-c3ccncc3CNC(=O)OC(C)(C)C)nc2N1C(C)C. The Labute approximate surface area is 199 Å². The molecule has 180 valence electrons. The molecule has 0 radical (unpaired) electrons. The van der Waals surface area contributed by atoms with Crippen LogP contribution in [0.15, 0.2) is 24.7 Å². The van der Waals surface area contributed by atoms with E-state index in [1.165, 1.54) is 0 Å². The minimum absolute atomic E-state index is 0.0576. The summed E-state index contributed by atoms with van der Waals surface area (Å²) < 4.78 is 7.40. The Morgan fingerprint density at radius 2 is 2.00 bits per heavy atom. The van der Waals surface area contributed by atoms with Crippen LogP contribution in [0, 0.1) is 6.92 Å². The molecule has 1 N–H and O–H groups in total. The molecule has 0 fully saturated rings. The number of alkyl carbamates (subject to hydrolysis) is 1. The summed E-state index contributed by atoms with van der Waals surface area (Å²) in [7, 11) is 0. The Bertz CT molecular complexity index is 1200. The van der Waals surface area contributed by atoms with Gasteiger partial charge in [0.25, 0.3) is 0 Å².